The van der Waals surface area contributed by atoms with Crippen LogP contribution in [-0.4, -0.2) is 17.7 Å². The number of benzene rings is 1. The maximum atomic E-state index is 11.3. The summed E-state index contributed by atoms with van der Waals surface area (Å²) in [5.41, 5.74) is 5.87. The highest BCUT2D eigenvalue weighted by atomic mass is 16.6. The van der Waals surface area contributed by atoms with Crippen molar-refractivity contribution in [3.63, 3.8) is 0 Å². The summed E-state index contributed by atoms with van der Waals surface area (Å²) in [4.78, 5) is 33.7. The molecule has 1 aliphatic heterocycles. The van der Waals surface area contributed by atoms with Gasteiger partial charge >= 0.3 is 11.9 Å². The van der Waals surface area contributed by atoms with E-state index in [1.165, 1.54) is 19.1 Å². The minimum Gasteiger partial charge on any atom is -0.398 e. The molecule has 0 aliphatic carbocycles. The molecule has 2 N–H and O–H groups in total. The van der Waals surface area contributed by atoms with Gasteiger partial charge < -0.3 is 10.5 Å². The van der Waals surface area contributed by atoms with Crippen molar-refractivity contribution in [2.45, 2.75) is 6.92 Å². The number of nitrogens with two attached hydrogens (primary N) is 1. The van der Waals surface area contributed by atoms with Crippen LogP contribution in [0.3, 0.4) is 0 Å². The second-order valence-electron chi connectivity index (χ2n) is 3.19. The number of ketones is 1. The van der Waals surface area contributed by atoms with Gasteiger partial charge in [0.25, 0.3) is 0 Å². The van der Waals surface area contributed by atoms with Crippen molar-refractivity contribution >= 4 is 23.4 Å². The standard InChI is InChI=1S/C10H7NO4/c1-4(12)7-6(11)3-2-5-8(7)10(14)15-9(5)13/h2-3H,11H2,1H3. The van der Waals surface area contributed by atoms with Crippen molar-refractivity contribution in [1.82, 2.24) is 0 Å². The maximum Gasteiger partial charge on any atom is 0.347 e. The Morgan fingerprint density at radius 2 is 1.93 bits per heavy atom. The zero-order valence-corrected chi connectivity index (χ0v) is 7.87. The highest BCUT2D eigenvalue weighted by molar-refractivity contribution is 6.21. The Morgan fingerprint density at radius 3 is 2.53 bits per heavy atom. The van der Waals surface area contributed by atoms with Gasteiger partial charge in [-0.05, 0) is 19.1 Å². The first-order valence-electron chi connectivity index (χ1n) is 4.22. The third kappa shape index (κ3) is 1.20. The van der Waals surface area contributed by atoms with E-state index in [1.54, 1.807) is 0 Å². The van der Waals surface area contributed by atoms with Crippen LogP contribution < -0.4 is 5.73 Å². The number of Topliss-reactive ketones (excluding diaryl/α,β-unsaturated/α-hetero) is 1. The van der Waals surface area contributed by atoms with Crippen LogP contribution >= 0.6 is 0 Å². The molecule has 5 nitrogen and oxygen atoms in total. The number of carbonyl (C=O) groups is 3. The van der Waals surface area contributed by atoms with Gasteiger partial charge in [-0.25, -0.2) is 9.59 Å². The topological polar surface area (TPSA) is 86.5 Å². The molecular formula is C10H7NO4. The predicted octanol–water partition coefficient (Wildman–Crippen LogP) is 0.782. The lowest BCUT2D eigenvalue weighted by Crippen LogP contribution is -2.08. The van der Waals surface area contributed by atoms with E-state index in [0.717, 1.165) is 0 Å². The quantitative estimate of drug-likeness (QED) is 0.317. The molecule has 1 aliphatic rings. The average molecular weight is 205 g/mol. The Bertz CT molecular complexity index is 504. The first kappa shape index (κ1) is 9.39. The number of esters is 2. The fourth-order valence-electron chi connectivity index (χ4n) is 1.57. The van der Waals surface area contributed by atoms with Gasteiger partial charge in [0.2, 0.25) is 0 Å². The number of fused-ring (bicyclic) bond motifs is 1. The van der Waals surface area contributed by atoms with Crippen LogP contribution in [0, 0.1) is 0 Å². The summed E-state index contributed by atoms with van der Waals surface area (Å²) >= 11 is 0. The molecule has 0 fully saturated rings. The summed E-state index contributed by atoms with van der Waals surface area (Å²) < 4.78 is 4.39. The normalized spacial score (nSPS) is 13.7. The molecule has 0 radical (unpaired) electrons. The van der Waals surface area contributed by atoms with Crippen LogP contribution in [0.15, 0.2) is 12.1 Å². The number of rotatable bonds is 1. The van der Waals surface area contributed by atoms with E-state index in [2.05, 4.69) is 4.74 Å². The van der Waals surface area contributed by atoms with Crippen molar-refractivity contribution in [1.29, 1.82) is 0 Å². The SMILES string of the molecule is CC(=O)c1c(N)ccc2c1C(=O)OC2=O. The van der Waals surface area contributed by atoms with Crippen LogP contribution in [-0.2, 0) is 4.74 Å². The van der Waals surface area contributed by atoms with Gasteiger partial charge in [0.15, 0.2) is 5.78 Å². The number of anilines is 1. The predicted molar refractivity (Wildman–Crippen MR) is 50.6 cm³/mol. The lowest BCUT2D eigenvalue weighted by Gasteiger charge is -2.04. The lowest BCUT2D eigenvalue weighted by molar-refractivity contribution is 0.0442. The summed E-state index contributed by atoms with van der Waals surface area (Å²) in [6, 6.07) is 2.79. The highest BCUT2D eigenvalue weighted by Gasteiger charge is 2.34. The largest absolute Gasteiger partial charge is 0.398 e. The second-order valence-corrected chi connectivity index (χ2v) is 3.19. The van der Waals surface area contributed by atoms with Crippen LogP contribution in [0.2, 0.25) is 0 Å². The fraction of sp³-hybridized carbons (Fsp3) is 0.100. The summed E-state index contributed by atoms with van der Waals surface area (Å²) in [6.45, 7) is 1.28. The van der Waals surface area contributed by atoms with Gasteiger partial charge in [0.1, 0.15) is 0 Å². The Hall–Kier alpha value is -2.17. The molecule has 0 bridgehead atoms. The van der Waals surface area contributed by atoms with E-state index in [0.29, 0.717) is 0 Å². The molecule has 0 unspecified atom stereocenters. The smallest absolute Gasteiger partial charge is 0.347 e. The Morgan fingerprint density at radius 1 is 1.27 bits per heavy atom. The van der Waals surface area contributed by atoms with Gasteiger partial charge in [-0.15, -0.1) is 0 Å². The first-order chi connectivity index (χ1) is 7.02. The van der Waals surface area contributed by atoms with Crippen molar-refractivity contribution in [3.8, 4) is 0 Å². The maximum absolute atomic E-state index is 11.3. The molecule has 5 heteroatoms. The minimum absolute atomic E-state index is 0.0208. The van der Waals surface area contributed by atoms with Crippen molar-refractivity contribution < 1.29 is 19.1 Å². The van der Waals surface area contributed by atoms with Gasteiger partial charge in [-0.2, -0.15) is 0 Å². The molecule has 0 atom stereocenters. The molecule has 2 rings (SSSR count). The monoisotopic (exact) mass is 205 g/mol. The number of carbonyl (C=O) groups excluding carboxylic acids is 3. The van der Waals surface area contributed by atoms with E-state index in [-0.39, 0.29) is 28.2 Å². The van der Waals surface area contributed by atoms with Gasteiger partial charge in [-0.1, -0.05) is 0 Å². The first-order valence-corrected chi connectivity index (χ1v) is 4.22. The molecular weight excluding hydrogens is 198 g/mol. The highest BCUT2D eigenvalue weighted by Crippen LogP contribution is 2.28. The van der Waals surface area contributed by atoms with E-state index in [9.17, 15) is 14.4 Å². The molecule has 1 heterocycles. The average Bonchev–Trinajstić information content (AvgIpc) is 2.41. The van der Waals surface area contributed by atoms with Crippen molar-refractivity contribution in [3.05, 3.63) is 28.8 Å². The fourth-order valence-corrected chi connectivity index (χ4v) is 1.57. The third-order valence-corrected chi connectivity index (χ3v) is 2.20. The van der Waals surface area contributed by atoms with E-state index in [1.807, 2.05) is 0 Å². The second kappa shape index (κ2) is 2.91. The van der Waals surface area contributed by atoms with Gasteiger partial charge in [0.05, 0.1) is 16.7 Å². The summed E-state index contributed by atoms with van der Waals surface area (Å²) in [5, 5.41) is 0. The number of hydrogen-bond acceptors (Lipinski definition) is 5. The van der Waals surface area contributed by atoms with Crippen LogP contribution in [0.4, 0.5) is 5.69 Å². The molecule has 15 heavy (non-hydrogen) atoms. The molecule has 0 saturated carbocycles. The van der Waals surface area contributed by atoms with Crippen molar-refractivity contribution in [2.24, 2.45) is 0 Å². The Kier molecular flexibility index (Phi) is 1.82. The number of hydrogen-bond donors (Lipinski definition) is 1. The number of ether oxygens (including phenoxy) is 1. The third-order valence-electron chi connectivity index (χ3n) is 2.20. The molecule has 0 aromatic heterocycles. The minimum atomic E-state index is -0.812. The number of nitrogen functional groups attached to an aromatic ring is 1. The molecule has 1 aromatic carbocycles. The van der Waals surface area contributed by atoms with Crippen LogP contribution in [0.25, 0.3) is 0 Å². The zero-order chi connectivity index (χ0) is 11.2. The van der Waals surface area contributed by atoms with E-state index in [4.69, 9.17) is 5.73 Å². The summed E-state index contributed by atoms with van der Waals surface area (Å²) in [6.07, 6.45) is 0. The van der Waals surface area contributed by atoms with Crippen molar-refractivity contribution in [2.75, 3.05) is 5.73 Å². The number of cyclic esters (lactones) is 2. The summed E-state index contributed by atoms with van der Waals surface area (Å²) in [7, 11) is 0. The van der Waals surface area contributed by atoms with Gasteiger partial charge in [0, 0.05) is 5.69 Å². The van der Waals surface area contributed by atoms with Gasteiger partial charge in [-0.3, -0.25) is 4.79 Å². The van der Waals surface area contributed by atoms with Crippen LogP contribution in [0.5, 0.6) is 0 Å². The molecule has 76 valence electrons. The van der Waals surface area contributed by atoms with E-state index < -0.39 is 11.9 Å². The zero-order valence-electron chi connectivity index (χ0n) is 7.87. The molecule has 0 saturated heterocycles. The van der Waals surface area contributed by atoms with Crippen LogP contribution in [0.1, 0.15) is 38.0 Å². The Labute approximate surface area is 84.8 Å². The summed E-state index contributed by atoms with van der Waals surface area (Å²) in [5.74, 6) is -1.92. The van der Waals surface area contributed by atoms with E-state index >= 15 is 0 Å². The molecule has 1 aromatic rings. The Balaban J connectivity index is 2.81. The lowest BCUT2D eigenvalue weighted by atomic mass is 9.98. The molecule has 0 amide bonds. The molecule has 0 spiro atoms.